The van der Waals surface area contributed by atoms with Crippen molar-refractivity contribution in [2.45, 2.75) is 25.4 Å². The lowest BCUT2D eigenvalue weighted by Gasteiger charge is -2.30. The monoisotopic (exact) mass is 374 g/mol. The molecule has 1 atom stereocenters. The molecule has 4 nitrogen and oxygen atoms in total. The zero-order valence-electron chi connectivity index (χ0n) is 15.1. The van der Waals surface area contributed by atoms with Crippen LogP contribution in [0.2, 0.25) is 0 Å². The van der Waals surface area contributed by atoms with E-state index in [0.717, 1.165) is 29.5 Å². The Morgan fingerprint density at radius 1 is 1.12 bits per heavy atom. The molecule has 0 aliphatic carbocycles. The summed E-state index contributed by atoms with van der Waals surface area (Å²) in [5, 5.41) is 0. The van der Waals surface area contributed by atoms with Gasteiger partial charge in [0.1, 0.15) is 0 Å². The average molecular weight is 375 g/mol. The lowest BCUT2D eigenvalue weighted by atomic mass is 9.91. The maximum absolute atomic E-state index is 12.8. The number of amides is 1. The van der Waals surface area contributed by atoms with Crippen molar-refractivity contribution in [1.29, 1.82) is 0 Å². The van der Waals surface area contributed by atoms with E-state index >= 15 is 0 Å². The highest BCUT2D eigenvalue weighted by Crippen LogP contribution is 2.25. The Hall–Kier alpha value is -1.88. The molecule has 1 heterocycles. The Morgan fingerprint density at radius 2 is 1.73 bits per heavy atom. The summed E-state index contributed by atoms with van der Waals surface area (Å²) < 4.78 is 5.37. The van der Waals surface area contributed by atoms with Crippen LogP contribution in [0.1, 0.15) is 18.4 Å². The summed E-state index contributed by atoms with van der Waals surface area (Å²) in [5.74, 6) is 0.225. The van der Waals surface area contributed by atoms with E-state index in [2.05, 4.69) is 24.3 Å². The highest BCUT2D eigenvalue weighted by Gasteiger charge is 2.28. The van der Waals surface area contributed by atoms with Crippen molar-refractivity contribution < 1.29 is 9.53 Å². The minimum absolute atomic E-state index is 0. The lowest BCUT2D eigenvalue weighted by molar-refractivity contribution is -0.133. The van der Waals surface area contributed by atoms with Gasteiger partial charge in [0.25, 0.3) is 0 Å². The van der Waals surface area contributed by atoms with E-state index in [1.165, 1.54) is 0 Å². The second kappa shape index (κ2) is 9.72. The first-order chi connectivity index (χ1) is 12.2. The SMILES string of the molecule is CN(Cc1ccccc1-c1ccccc1)C(=O)C(N)C1CCOCC1.Cl. The molecule has 1 aliphatic heterocycles. The van der Waals surface area contributed by atoms with Crippen molar-refractivity contribution in [3.63, 3.8) is 0 Å². The number of hydrogen-bond acceptors (Lipinski definition) is 3. The molecule has 2 N–H and O–H groups in total. The number of ether oxygens (including phenoxy) is 1. The van der Waals surface area contributed by atoms with E-state index in [4.69, 9.17) is 10.5 Å². The fraction of sp³-hybridized carbons (Fsp3) is 0.381. The highest BCUT2D eigenvalue weighted by atomic mass is 35.5. The number of likely N-dealkylation sites (N-methyl/N-ethyl adjacent to an activating group) is 1. The van der Waals surface area contributed by atoms with Crippen LogP contribution >= 0.6 is 12.4 Å². The first kappa shape index (κ1) is 20.4. The van der Waals surface area contributed by atoms with Crippen molar-refractivity contribution >= 4 is 18.3 Å². The molecule has 0 aromatic heterocycles. The summed E-state index contributed by atoms with van der Waals surface area (Å²) >= 11 is 0. The largest absolute Gasteiger partial charge is 0.381 e. The van der Waals surface area contributed by atoms with Crippen LogP contribution in [0.3, 0.4) is 0 Å². The normalized spacial score (nSPS) is 15.8. The van der Waals surface area contributed by atoms with Gasteiger partial charge in [0, 0.05) is 26.8 Å². The Bertz CT molecular complexity index is 702. The van der Waals surface area contributed by atoms with Gasteiger partial charge in [0.05, 0.1) is 6.04 Å². The van der Waals surface area contributed by atoms with E-state index in [9.17, 15) is 4.79 Å². The first-order valence-electron chi connectivity index (χ1n) is 8.88. The van der Waals surface area contributed by atoms with Crippen LogP contribution in [0.5, 0.6) is 0 Å². The smallest absolute Gasteiger partial charge is 0.239 e. The predicted molar refractivity (Wildman–Crippen MR) is 107 cm³/mol. The lowest BCUT2D eigenvalue weighted by Crippen LogP contribution is -2.47. The number of carbonyl (C=O) groups is 1. The third-order valence-electron chi connectivity index (χ3n) is 4.94. The molecule has 0 bridgehead atoms. The molecule has 3 rings (SSSR count). The van der Waals surface area contributed by atoms with E-state index in [0.29, 0.717) is 19.8 Å². The summed E-state index contributed by atoms with van der Waals surface area (Å²) in [4.78, 5) is 14.5. The summed E-state index contributed by atoms with van der Waals surface area (Å²) in [6, 6.07) is 18.0. The molecule has 140 valence electrons. The van der Waals surface area contributed by atoms with Gasteiger partial charge in [-0.1, -0.05) is 54.6 Å². The zero-order chi connectivity index (χ0) is 17.6. The van der Waals surface area contributed by atoms with Crippen molar-refractivity contribution in [2.75, 3.05) is 20.3 Å². The Labute approximate surface area is 161 Å². The molecule has 1 saturated heterocycles. The summed E-state index contributed by atoms with van der Waals surface area (Å²) in [5.41, 5.74) is 9.69. The predicted octanol–water partition coefficient (Wildman–Crippen LogP) is 3.49. The molecule has 2 aromatic carbocycles. The third-order valence-corrected chi connectivity index (χ3v) is 4.94. The quantitative estimate of drug-likeness (QED) is 0.871. The average Bonchev–Trinajstić information content (AvgIpc) is 2.68. The number of nitrogens with two attached hydrogens (primary N) is 1. The second-order valence-corrected chi connectivity index (χ2v) is 6.69. The zero-order valence-corrected chi connectivity index (χ0v) is 16.0. The van der Waals surface area contributed by atoms with Gasteiger partial charge < -0.3 is 15.4 Å². The minimum atomic E-state index is -0.446. The fourth-order valence-corrected chi connectivity index (χ4v) is 3.42. The number of hydrogen-bond donors (Lipinski definition) is 1. The van der Waals surface area contributed by atoms with Crippen molar-refractivity contribution in [3.8, 4) is 11.1 Å². The highest BCUT2D eigenvalue weighted by molar-refractivity contribution is 5.85. The van der Waals surface area contributed by atoms with Crippen LogP contribution in [0.15, 0.2) is 54.6 Å². The molecular weight excluding hydrogens is 348 g/mol. The molecule has 0 spiro atoms. The van der Waals surface area contributed by atoms with Crippen LogP contribution in [0.25, 0.3) is 11.1 Å². The molecule has 0 radical (unpaired) electrons. The van der Waals surface area contributed by atoms with Gasteiger partial charge in [-0.3, -0.25) is 4.79 Å². The van der Waals surface area contributed by atoms with Crippen molar-refractivity contribution in [1.82, 2.24) is 4.90 Å². The Kier molecular flexibility index (Phi) is 7.64. The van der Waals surface area contributed by atoms with E-state index in [-0.39, 0.29) is 24.2 Å². The van der Waals surface area contributed by atoms with Gasteiger partial charge in [0.2, 0.25) is 5.91 Å². The molecule has 1 fully saturated rings. The molecule has 0 saturated carbocycles. The van der Waals surface area contributed by atoms with Crippen LogP contribution < -0.4 is 5.73 Å². The van der Waals surface area contributed by atoms with Crippen LogP contribution in [0.4, 0.5) is 0 Å². The maximum Gasteiger partial charge on any atom is 0.239 e. The molecule has 1 unspecified atom stereocenters. The Morgan fingerprint density at radius 3 is 2.42 bits per heavy atom. The topological polar surface area (TPSA) is 55.6 Å². The van der Waals surface area contributed by atoms with E-state index in [1.54, 1.807) is 4.90 Å². The number of halogens is 1. The van der Waals surface area contributed by atoms with Gasteiger partial charge in [-0.15, -0.1) is 12.4 Å². The fourth-order valence-electron chi connectivity index (χ4n) is 3.42. The first-order valence-corrected chi connectivity index (χ1v) is 8.88. The molecule has 5 heteroatoms. The Balaban J connectivity index is 0.00000243. The molecule has 1 amide bonds. The minimum Gasteiger partial charge on any atom is -0.381 e. The number of rotatable bonds is 5. The molecule has 2 aromatic rings. The molecule has 1 aliphatic rings. The summed E-state index contributed by atoms with van der Waals surface area (Å²) in [6.07, 6.45) is 1.72. The van der Waals surface area contributed by atoms with Crippen LogP contribution in [-0.2, 0) is 16.1 Å². The summed E-state index contributed by atoms with van der Waals surface area (Å²) in [7, 11) is 1.84. The van der Waals surface area contributed by atoms with Gasteiger partial charge >= 0.3 is 0 Å². The summed E-state index contributed by atoms with van der Waals surface area (Å²) in [6.45, 7) is 1.96. The van der Waals surface area contributed by atoms with Gasteiger partial charge in [0.15, 0.2) is 0 Å². The number of nitrogens with zero attached hydrogens (tertiary/aromatic N) is 1. The number of benzene rings is 2. The molecular formula is C21H27ClN2O2. The third kappa shape index (κ3) is 4.85. The van der Waals surface area contributed by atoms with Gasteiger partial charge in [-0.05, 0) is 35.4 Å². The van der Waals surface area contributed by atoms with E-state index in [1.807, 2.05) is 37.4 Å². The maximum atomic E-state index is 12.8. The molecule has 26 heavy (non-hydrogen) atoms. The standard InChI is InChI=1S/C21H26N2O2.ClH/c1-23(21(24)20(22)17-11-13-25-14-12-17)15-18-9-5-6-10-19(18)16-7-3-2-4-8-16;/h2-10,17,20H,11-15,22H2,1H3;1H. The van der Waals surface area contributed by atoms with Gasteiger partial charge in [-0.2, -0.15) is 0 Å². The van der Waals surface area contributed by atoms with E-state index < -0.39 is 6.04 Å². The van der Waals surface area contributed by atoms with Crippen LogP contribution in [-0.4, -0.2) is 37.1 Å². The van der Waals surface area contributed by atoms with Crippen molar-refractivity contribution in [2.24, 2.45) is 11.7 Å². The number of carbonyl (C=O) groups excluding carboxylic acids is 1. The second-order valence-electron chi connectivity index (χ2n) is 6.69. The van der Waals surface area contributed by atoms with Crippen LogP contribution in [0, 0.1) is 5.92 Å². The van der Waals surface area contributed by atoms with Gasteiger partial charge in [-0.25, -0.2) is 0 Å². The van der Waals surface area contributed by atoms with Crippen molar-refractivity contribution in [3.05, 3.63) is 60.2 Å².